The summed E-state index contributed by atoms with van der Waals surface area (Å²) in [5.74, 6) is 0.592. The maximum atomic E-state index is 13.5. The average Bonchev–Trinajstić information content (AvgIpc) is 3.43. The van der Waals surface area contributed by atoms with Crippen LogP contribution in [0.15, 0.2) is 109 Å². The number of benzene rings is 4. The van der Waals surface area contributed by atoms with Crippen LogP contribution in [0.2, 0.25) is 0 Å². The summed E-state index contributed by atoms with van der Waals surface area (Å²) in [6.45, 7) is 13.9. The number of amides is 3. The normalized spacial score (nSPS) is 14.9. The first-order valence-corrected chi connectivity index (χ1v) is 24.8. The molecule has 0 spiro atoms. The van der Waals surface area contributed by atoms with E-state index in [9.17, 15) is 40.7 Å². The van der Waals surface area contributed by atoms with Crippen molar-refractivity contribution in [3.8, 4) is 22.3 Å². The van der Waals surface area contributed by atoms with E-state index < -0.39 is 41.2 Å². The van der Waals surface area contributed by atoms with Crippen molar-refractivity contribution in [2.45, 2.75) is 77.7 Å². The Labute approximate surface area is 441 Å². The molecular formula is C55H60F6N10O6. The second-order valence-corrected chi connectivity index (χ2v) is 19.2. The summed E-state index contributed by atoms with van der Waals surface area (Å²) in [6, 6.07) is 23.5. The second kappa shape index (κ2) is 25.0. The smallest absolute Gasteiger partial charge is 0.416 e. The van der Waals surface area contributed by atoms with Crippen LogP contribution in [-0.2, 0) is 39.7 Å². The summed E-state index contributed by atoms with van der Waals surface area (Å²) in [5.41, 5.74) is 8.82. The van der Waals surface area contributed by atoms with Crippen molar-refractivity contribution < 1.29 is 54.9 Å². The van der Waals surface area contributed by atoms with Crippen molar-refractivity contribution in [2.75, 3.05) is 62.4 Å². The highest BCUT2D eigenvalue weighted by Gasteiger charge is 2.32. The van der Waals surface area contributed by atoms with E-state index in [-0.39, 0.29) is 30.9 Å². The Morgan fingerprint density at radius 1 is 0.610 bits per heavy atom. The molecule has 22 heteroatoms. The van der Waals surface area contributed by atoms with Crippen molar-refractivity contribution in [2.24, 2.45) is 5.73 Å². The van der Waals surface area contributed by atoms with E-state index in [1.165, 1.54) is 24.5 Å². The molecule has 4 aromatic carbocycles. The van der Waals surface area contributed by atoms with Crippen molar-refractivity contribution in [1.29, 1.82) is 0 Å². The fourth-order valence-corrected chi connectivity index (χ4v) is 8.34. The predicted octanol–water partition coefficient (Wildman–Crippen LogP) is 9.46. The Hall–Kier alpha value is -7.69. The molecule has 0 saturated carbocycles. The summed E-state index contributed by atoms with van der Waals surface area (Å²) in [4.78, 5) is 42.0. The van der Waals surface area contributed by atoms with Crippen molar-refractivity contribution in [1.82, 2.24) is 36.3 Å². The van der Waals surface area contributed by atoms with Crippen molar-refractivity contribution in [3.63, 3.8) is 0 Å². The third kappa shape index (κ3) is 15.7. The van der Waals surface area contributed by atoms with Gasteiger partial charge in [-0.2, -0.15) is 36.5 Å². The lowest BCUT2D eigenvalue weighted by Crippen LogP contribution is -2.37. The Balaban J connectivity index is 0.000000227. The van der Waals surface area contributed by atoms with Gasteiger partial charge in [-0.1, -0.05) is 60.7 Å². The van der Waals surface area contributed by atoms with Crippen LogP contribution in [-0.4, -0.2) is 96.5 Å². The molecule has 16 nitrogen and oxygen atoms in total. The van der Waals surface area contributed by atoms with Gasteiger partial charge in [-0.05, 0) is 116 Å². The number of ether oxygens (including phenoxy) is 3. The van der Waals surface area contributed by atoms with Crippen molar-refractivity contribution >= 4 is 29.5 Å². The molecule has 0 bridgehead atoms. The van der Waals surface area contributed by atoms with Crippen LogP contribution in [0.3, 0.4) is 0 Å². The Morgan fingerprint density at radius 2 is 1.01 bits per heavy atom. The number of carbonyl (C=O) groups is 3. The maximum Gasteiger partial charge on any atom is 0.416 e. The van der Waals surface area contributed by atoms with Crippen LogP contribution in [0.25, 0.3) is 22.3 Å². The highest BCUT2D eigenvalue weighted by molar-refractivity contribution is 5.95. The number of halogens is 6. The number of nitrogens with zero attached hydrogens (tertiary/aromatic N) is 6. The minimum Gasteiger partial charge on any atom is -0.444 e. The number of alkyl halides is 6. The number of alkyl carbamates (subject to hydrolysis) is 1. The highest BCUT2D eigenvalue weighted by atomic mass is 19.4. The topological polar surface area (TPSA) is 199 Å². The zero-order valence-electron chi connectivity index (χ0n) is 43.1. The third-order valence-electron chi connectivity index (χ3n) is 12.5. The van der Waals surface area contributed by atoms with Gasteiger partial charge in [0.1, 0.15) is 5.60 Å². The fraction of sp³-hybridized carbons (Fsp3) is 0.364. The van der Waals surface area contributed by atoms with Gasteiger partial charge in [0, 0.05) is 39.3 Å². The molecule has 2 aliphatic rings. The Bertz CT molecular complexity index is 2980. The molecule has 5 N–H and O–H groups in total. The third-order valence-corrected chi connectivity index (χ3v) is 12.5. The number of morpholine rings is 2. The van der Waals surface area contributed by atoms with Gasteiger partial charge in [0.15, 0.2) is 11.6 Å². The largest absolute Gasteiger partial charge is 0.444 e. The van der Waals surface area contributed by atoms with Crippen molar-refractivity contribution in [3.05, 3.63) is 154 Å². The SMILES string of the molecule is C[C@@H](NC(=O)c1cnnc(N2CCOCC2)c1)c1ccc(-c2cc(C(F)(F)F)ccc2CN)cc1.C[C@@H](NC(=O)c1cnnc(N2CCOCC2)c1)c1ccc(-c2cc(C(F)(F)F)ccc2CNC(=O)OC(C)(C)C)cc1. The quantitative estimate of drug-likeness (QED) is 0.0799. The van der Waals surface area contributed by atoms with Gasteiger partial charge in [0.05, 0.1) is 73.2 Å². The van der Waals surface area contributed by atoms with E-state index in [0.29, 0.717) is 109 Å². The molecule has 2 saturated heterocycles. The minimum atomic E-state index is -4.53. The zero-order chi connectivity index (χ0) is 55.5. The lowest BCUT2D eigenvalue weighted by atomic mass is 9.95. The summed E-state index contributed by atoms with van der Waals surface area (Å²) in [7, 11) is 0. The minimum absolute atomic E-state index is 0.0248. The molecule has 2 fully saturated rings. The molecule has 0 radical (unpaired) electrons. The maximum absolute atomic E-state index is 13.5. The second-order valence-electron chi connectivity index (χ2n) is 19.2. The Kier molecular flexibility index (Phi) is 18.5. The van der Waals surface area contributed by atoms with E-state index in [1.807, 2.05) is 23.6 Å². The molecule has 2 aromatic heterocycles. The van der Waals surface area contributed by atoms with E-state index in [4.69, 9.17) is 19.9 Å². The number of anilines is 2. The number of aromatic nitrogens is 4. The van der Waals surface area contributed by atoms with Crippen LogP contribution in [0.5, 0.6) is 0 Å². The fourth-order valence-electron chi connectivity index (χ4n) is 8.34. The summed E-state index contributed by atoms with van der Waals surface area (Å²) in [6.07, 6.45) is -6.83. The number of carbonyl (C=O) groups excluding carboxylic acids is 3. The van der Waals surface area contributed by atoms with Crippen LogP contribution in [0.4, 0.5) is 42.8 Å². The van der Waals surface area contributed by atoms with Gasteiger partial charge < -0.3 is 45.7 Å². The molecule has 2 atom stereocenters. The number of rotatable bonds is 13. The van der Waals surface area contributed by atoms with Gasteiger partial charge in [-0.3, -0.25) is 9.59 Å². The van der Waals surface area contributed by atoms with Gasteiger partial charge in [-0.25, -0.2) is 4.79 Å². The number of hydrogen-bond donors (Lipinski definition) is 4. The molecule has 4 heterocycles. The molecular weight excluding hydrogens is 1010 g/mol. The predicted molar refractivity (Wildman–Crippen MR) is 277 cm³/mol. The van der Waals surface area contributed by atoms with Gasteiger partial charge in [0.25, 0.3) is 11.8 Å². The monoisotopic (exact) mass is 1070 g/mol. The zero-order valence-corrected chi connectivity index (χ0v) is 43.1. The molecule has 0 unspecified atom stereocenters. The standard InChI is InChI=1S/C30H34F3N5O4.C25H26F3N5O2/c1-19(36-27(39)23-15-26(37-35-18-23)38-11-13-41-14-12-38)20-5-7-21(8-6-20)25-16-24(30(31,32)33)10-9-22(25)17-34-28(40)42-29(2,3)4;1-16(31-24(34)20-12-23(32-30-15-20)33-8-10-35-11-9-33)17-2-4-18(5-3-17)22-13-21(25(26,27)28)7-6-19(22)14-29/h5-10,15-16,18-19H,11-14,17H2,1-4H3,(H,34,40)(H,36,39);2-7,12-13,15-16H,8-11,14,29H2,1H3,(H,31,34)/t19-;16-/m11/s1. The first-order valence-electron chi connectivity index (χ1n) is 24.8. The molecule has 2 aliphatic heterocycles. The van der Waals surface area contributed by atoms with Crippen LogP contribution in [0.1, 0.15) is 101 Å². The number of nitrogens with one attached hydrogen (secondary N) is 3. The first-order chi connectivity index (χ1) is 36.6. The van der Waals surface area contributed by atoms with Gasteiger partial charge in [-0.15, -0.1) is 10.2 Å². The van der Waals surface area contributed by atoms with E-state index in [1.54, 1.807) is 81.4 Å². The first kappa shape index (κ1) is 57.0. The van der Waals surface area contributed by atoms with E-state index in [0.717, 1.165) is 35.4 Å². The van der Waals surface area contributed by atoms with Gasteiger partial charge >= 0.3 is 18.4 Å². The van der Waals surface area contributed by atoms with E-state index in [2.05, 4.69) is 36.3 Å². The van der Waals surface area contributed by atoms with Crippen LogP contribution < -0.4 is 31.5 Å². The average molecular weight is 1070 g/mol. The molecule has 3 amide bonds. The summed E-state index contributed by atoms with van der Waals surface area (Å²) in [5, 5.41) is 24.7. The molecule has 8 rings (SSSR count). The van der Waals surface area contributed by atoms with E-state index >= 15 is 0 Å². The lowest BCUT2D eigenvalue weighted by Gasteiger charge is -2.27. The number of nitrogens with two attached hydrogens (primary N) is 1. The lowest BCUT2D eigenvalue weighted by molar-refractivity contribution is -0.138. The number of hydrogen-bond acceptors (Lipinski definition) is 13. The molecule has 6 aromatic rings. The molecule has 77 heavy (non-hydrogen) atoms. The van der Waals surface area contributed by atoms with Crippen LogP contribution in [0, 0.1) is 0 Å². The summed E-state index contributed by atoms with van der Waals surface area (Å²) >= 11 is 0. The highest BCUT2D eigenvalue weighted by Crippen LogP contribution is 2.36. The Morgan fingerprint density at radius 3 is 1.40 bits per heavy atom. The van der Waals surface area contributed by atoms with Gasteiger partial charge in [0.2, 0.25) is 0 Å². The summed E-state index contributed by atoms with van der Waals surface area (Å²) < 4.78 is 96.1. The molecule has 408 valence electrons. The molecule has 0 aliphatic carbocycles. The van der Waals surface area contributed by atoms with Crippen LogP contribution >= 0.6 is 0 Å².